The van der Waals surface area contributed by atoms with E-state index in [1.54, 1.807) is 60.9 Å². The molecule has 1 aliphatic heterocycles. The van der Waals surface area contributed by atoms with E-state index in [0.717, 1.165) is 26.6 Å². The highest BCUT2D eigenvalue weighted by atomic mass is 32.2. The number of rotatable bonds is 10. The number of hydrogen-bond donors (Lipinski definition) is 0. The van der Waals surface area contributed by atoms with Gasteiger partial charge in [0.2, 0.25) is 0 Å². The number of carbonyl (C=O) groups is 2. The molecule has 0 spiro atoms. The zero-order chi connectivity index (χ0) is 32.6. The molecule has 238 valence electrons. The van der Waals surface area contributed by atoms with Gasteiger partial charge in [0, 0.05) is 35.1 Å². The zero-order valence-electron chi connectivity index (χ0n) is 25.2. The standard InChI is InChI=1S/C36H32N4O5S2/c41-34(33-25-46-35(30-20-22-37-23-21-30)40(33)36(42)45-24-27-10-4-1-5-11-27)38(31-14-8-3-9-15-31)26-39(47(43)44)32-18-16-29(17-19-32)28-12-6-2-7-13-28/h1-23,33,35H,24-26H2,(H,43,44)/p-1. The van der Waals surface area contributed by atoms with Crippen molar-refractivity contribution in [2.75, 3.05) is 21.6 Å². The van der Waals surface area contributed by atoms with Crippen molar-refractivity contribution in [3.05, 3.63) is 151 Å². The molecule has 11 heteroatoms. The van der Waals surface area contributed by atoms with E-state index in [-0.39, 0.29) is 19.0 Å². The van der Waals surface area contributed by atoms with Crippen molar-refractivity contribution in [3.8, 4) is 11.1 Å². The summed E-state index contributed by atoms with van der Waals surface area (Å²) in [6.07, 6.45) is 2.63. The molecule has 0 radical (unpaired) electrons. The third kappa shape index (κ3) is 7.54. The van der Waals surface area contributed by atoms with Crippen LogP contribution < -0.4 is 9.21 Å². The Morgan fingerprint density at radius 2 is 1.40 bits per heavy atom. The number of ether oxygens (including phenoxy) is 1. The fourth-order valence-corrected chi connectivity index (χ4v) is 7.27. The minimum absolute atomic E-state index is 0.0368. The van der Waals surface area contributed by atoms with E-state index in [1.165, 1.54) is 21.6 Å². The number of thioether (sulfide) groups is 1. The summed E-state index contributed by atoms with van der Waals surface area (Å²) >= 11 is -1.29. The number of para-hydroxylation sites is 1. The average Bonchev–Trinajstić information content (AvgIpc) is 3.58. The Morgan fingerprint density at radius 3 is 2.04 bits per heavy atom. The van der Waals surface area contributed by atoms with E-state index < -0.39 is 34.7 Å². The van der Waals surface area contributed by atoms with Gasteiger partial charge in [-0.3, -0.25) is 28.1 Å². The molecule has 2 amide bonds. The molecule has 1 saturated heterocycles. The van der Waals surface area contributed by atoms with Crippen molar-refractivity contribution in [1.82, 2.24) is 9.88 Å². The number of anilines is 2. The molecule has 0 bridgehead atoms. The molecule has 0 saturated carbocycles. The number of nitrogens with zero attached hydrogens (tertiary/aromatic N) is 4. The first kappa shape index (κ1) is 32.0. The van der Waals surface area contributed by atoms with E-state index in [2.05, 4.69) is 4.98 Å². The van der Waals surface area contributed by atoms with Crippen LogP contribution in [0.2, 0.25) is 0 Å². The number of benzene rings is 4. The first-order valence-corrected chi connectivity index (χ1v) is 17.0. The number of carbonyl (C=O) groups excluding carboxylic acids is 2. The summed E-state index contributed by atoms with van der Waals surface area (Å²) in [6, 6.07) is 37.7. The molecular formula is C36H31N4O5S2-. The molecule has 5 aromatic rings. The zero-order valence-corrected chi connectivity index (χ0v) is 26.8. The normalized spacial score (nSPS) is 16.3. The van der Waals surface area contributed by atoms with Gasteiger partial charge in [-0.2, -0.15) is 0 Å². The lowest BCUT2D eigenvalue weighted by Crippen LogP contribution is -2.53. The van der Waals surface area contributed by atoms with Crippen LogP contribution in [-0.4, -0.2) is 49.1 Å². The predicted octanol–water partition coefficient (Wildman–Crippen LogP) is 6.79. The van der Waals surface area contributed by atoms with Crippen LogP contribution in [0, 0.1) is 0 Å². The third-order valence-electron chi connectivity index (χ3n) is 7.74. The minimum atomic E-state index is -2.72. The second-order valence-electron chi connectivity index (χ2n) is 10.7. The van der Waals surface area contributed by atoms with Crippen LogP contribution in [0.3, 0.4) is 0 Å². The monoisotopic (exact) mass is 663 g/mol. The largest absolute Gasteiger partial charge is 0.755 e. The second-order valence-corrected chi connectivity index (χ2v) is 12.7. The maximum atomic E-state index is 14.6. The van der Waals surface area contributed by atoms with Crippen LogP contribution in [0.25, 0.3) is 11.1 Å². The van der Waals surface area contributed by atoms with Crippen LogP contribution in [0.5, 0.6) is 0 Å². The summed E-state index contributed by atoms with van der Waals surface area (Å²) in [5, 5.41) is -0.511. The van der Waals surface area contributed by atoms with Crippen LogP contribution >= 0.6 is 11.8 Å². The lowest BCUT2D eigenvalue weighted by molar-refractivity contribution is -0.122. The lowest BCUT2D eigenvalue weighted by atomic mass is 10.1. The molecule has 4 aromatic carbocycles. The topological polar surface area (TPSA) is 106 Å². The van der Waals surface area contributed by atoms with Crippen molar-refractivity contribution in [2.45, 2.75) is 18.0 Å². The first-order valence-electron chi connectivity index (χ1n) is 14.9. The van der Waals surface area contributed by atoms with E-state index in [1.807, 2.05) is 78.9 Å². The van der Waals surface area contributed by atoms with Gasteiger partial charge in [-0.1, -0.05) is 91.0 Å². The van der Waals surface area contributed by atoms with E-state index >= 15 is 0 Å². The first-order chi connectivity index (χ1) is 23.0. The van der Waals surface area contributed by atoms with Crippen molar-refractivity contribution in [1.29, 1.82) is 0 Å². The molecule has 2 heterocycles. The van der Waals surface area contributed by atoms with Gasteiger partial charge in [0.1, 0.15) is 24.7 Å². The molecule has 3 atom stereocenters. The van der Waals surface area contributed by atoms with Crippen LogP contribution in [0.4, 0.5) is 16.2 Å². The van der Waals surface area contributed by atoms with E-state index in [9.17, 15) is 18.4 Å². The van der Waals surface area contributed by atoms with Gasteiger partial charge >= 0.3 is 6.09 Å². The molecule has 9 nitrogen and oxygen atoms in total. The van der Waals surface area contributed by atoms with Gasteiger partial charge in [0.15, 0.2) is 0 Å². The summed E-state index contributed by atoms with van der Waals surface area (Å²) in [6.45, 7) is -0.271. The maximum Gasteiger partial charge on any atom is 0.412 e. The molecule has 6 rings (SSSR count). The van der Waals surface area contributed by atoms with Gasteiger partial charge in [0.05, 0.1) is 5.69 Å². The molecule has 0 N–H and O–H groups in total. The Morgan fingerprint density at radius 1 is 0.809 bits per heavy atom. The van der Waals surface area contributed by atoms with E-state index in [4.69, 9.17) is 4.74 Å². The quantitative estimate of drug-likeness (QED) is 0.120. The number of aromatic nitrogens is 1. The Kier molecular flexibility index (Phi) is 10.3. The third-order valence-corrected chi connectivity index (χ3v) is 9.75. The second kappa shape index (κ2) is 15.1. The summed E-state index contributed by atoms with van der Waals surface area (Å²) in [4.78, 5) is 35.3. The Labute approximate surface area is 280 Å². The van der Waals surface area contributed by atoms with Crippen LogP contribution in [-0.2, 0) is 27.4 Å². The Hall–Kier alpha value is -4.97. The van der Waals surface area contributed by atoms with Crippen molar-refractivity contribution in [2.24, 2.45) is 0 Å². The molecule has 0 aliphatic carbocycles. The van der Waals surface area contributed by atoms with Gasteiger partial charge in [-0.05, 0) is 58.7 Å². The number of hydrogen-bond acceptors (Lipinski definition) is 7. The molecule has 47 heavy (non-hydrogen) atoms. The smallest absolute Gasteiger partial charge is 0.412 e. The van der Waals surface area contributed by atoms with E-state index in [0.29, 0.717) is 11.4 Å². The van der Waals surface area contributed by atoms with Gasteiger partial charge in [-0.15, -0.1) is 11.8 Å². The van der Waals surface area contributed by atoms with Crippen molar-refractivity contribution < 1.29 is 23.1 Å². The van der Waals surface area contributed by atoms with Gasteiger partial charge < -0.3 is 9.29 Å². The van der Waals surface area contributed by atoms with Crippen molar-refractivity contribution in [3.63, 3.8) is 0 Å². The highest BCUT2D eigenvalue weighted by molar-refractivity contribution is 7.99. The summed E-state index contributed by atoms with van der Waals surface area (Å²) < 4.78 is 32.2. The number of amides is 2. The number of pyridine rings is 1. The Bertz CT molecular complexity index is 1800. The molecule has 1 aliphatic rings. The van der Waals surface area contributed by atoms with Crippen LogP contribution in [0.15, 0.2) is 140 Å². The summed E-state index contributed by atoms with van der Waals surface area (Å²) in [5.74, 6) is -0.157. The van der Waals surface area contributed by atoms with Crippen molar-refractivity contribution >= 4 is 46.4 Å². The van der Waals surface area contributed by atoms with Gasteiger partial charge in [-0.25, -0.2) is 4.79 Å². The SMILES string of the molecule is O=C(C1CSC(c2ccncc2)N1C(=O)OCc1ccccc1)N(CN(c1ccc(-c2ccccc2)cc1)S(=O)[O-])c1ccccc1. The maximum absolute atomic E-state index is 14.6. The average molecular weight is 664 g/mol. The predicted molar refractivity (Wildman–Crippen MR) is 184 cm³/mol. The molecule has 1 aromatic heterocycles. The van der Waals surface area contributed by atoms with Gasteiger partial charge in [0.25, 0.3) is 5.91 Å². The highest BCUT2D eigenvalue weighted by Gasteiger charge is 2.45. The summed E-state index contributed by atoms with van der Waals surface area (Å²) in [5.41, 5.74) is 4.41. The summed E-state index contributed by atoms with van der Waals surface area (Å²) in [7, 11) is 0. The molecule has 1 fully saturated rings. The van der Waals surface area contributed by atoms with Crippen LogP contribution in [0.1, 0.15) is 16.5 Å². The lowest BCUT2D eigenvalue weighted by Gasteiger charge is -2.36. The fraction of sp³-hybridized carbons (Fsp3) is 0.139. The molecule has 3 unspecified atom stereocenters. The fourth-order valence-electron chi connectivity index (χ4n) is 5.36. The molecular weight excluding hydrogens is 633 g/mol. The highest BCUT2D eigenvalue weighted by Crippen LogP contribution is 2.42. The minimum Gasteiger partial charge on any atom is -0.755 e. The Balaban J connectivity index is 1.31.